The number of hydrogen-bond acceptors (Lipinski definition) is 30. The van der Waals surface area contributed by atoms with E-state index in [2.05, 4.69) is 118 Å². The fourth-order valence-electron chi connectivity index (χ4n) is 17.3. The monoisotopic (exact) mass is 1850 g/mol. The predicted molar refractivity (Wildman–Crippen MR) is 519 cm³/mol. The molecule has 18 rings (SSSR count). The molecule has 9 fully saturated rings. The number of carbonyl (C=O) groups excluding carboxylic acids is 6. The van der Waals surface area contributed by atoms with Crippen molar-refractivity contribution in [3.05, 3.63) is 162 Å². The van der Waals surface area contributed by atoms with E-state index >= 15 is 0 Å². The maximum absolute atomic E-state index is 13.0. The summed E-state index contributed by atoms with van der Waals surface area (Å²) < 4.78 is 33.1. The normalized spacial score (nSPS) is 17.8. The summed E-state index contributed by atoms with van der Waals surface area (Å²) in [5.41, 5.74) is 7.98. The Morgan fingerprint density at radius 3 is 0.563 bits per heavy atom. The minimum absolute atomic E-state index is 0.0237. The third-order valence-electron chi connectivity index (χ3n) is 25.4. The molecular formula is C96H123N27O12. The summed E-state index contributed by atoms with van der Waals surface area (Å²) in [5, 5.41) is 17.1. The summed E-state index contributed by atoms with van der Waals surface area (Å²) in [4.78, 5) is 145. The summed E-state index contributed by atoms with van der Waals surface area (Å²) in [5.74, 6) is 5.58. The highest BCUT2D eigenvalue weighted by atomic mass is 16.5. The highest BCUT2D eigenvalue weighted by Gasteiger charge is 2.32. The van der Waals surface area contributed by atoms with Crippen LogP contribution in [0.3, 0.4) is 0 Å². The van der Waals surface area contributed by atoms with Crippen LogP contribution in [0.1, 0.15) is 69.6 Å². The molecule has 9 amide bonds. The van der Waals surface area contributed by atoms with E-state index in [4.69, 9.17) is 73.3 Å². The van der Waals surface area contributed by atoms with E-state index in [1.54, 1.807) is 72.8 Å². The maximum atomic E-state index is 13.0. The molecule has 0 radical (unpaired) electrons. The van der Waals surface area contributed by atoms with Gasteiger partial charge in [0.15, 0.2) is 17.5 Å². The number of urea groups is 3. The van der Waals surface area contributed by atoms with Crippen molar-refractivity contribution in [3.63, 3.8) is 0 Å². The summed E-state index contributed by atoms with van der Waals surface area (Å²) >= 11 is 0. The minimum atomic E-state index is -0.378. The summed E-state index contributed by atoms with van der Waals surface area (Å²) in [6.07, 6.45) is 5.83. The first-order valence-electron chi connectivity index (χ1n) is 46.8. The Morgan fingerprint density at radius 2 is 0.400 bits per heavy atom. The number of likely N-dealkylation sites (tertiary alicyclic amines) is 3. The third kappa shape index (κ3) is 25.9. The van der Waals surface area contributed by atoms with Crippen molar-refractivity contribution in [2.45, 2.75) is 56.7 Å². The van der Waals surface area contributed by atoms with Crippen molar-refractivity contribution in [2.24, 2.45) is 0 Å². The lowest BCUT2D eigenvalue weighted by Crippen LogP contribution is -2.44. The molecule has 9 aromatic rings. The first-order valence-corrected chi connectivity index (χ1v) is 46.8. The van der Waals surface area contributed by atoms with Gasteiger partial charge in [0.1, 0.15) is 0 Å². The zero-order valence-electron chi connectivity index (χ0n) is 77.8. The Morgan fingerprint density at radius 1 is 0.237 bits per heavy atom. The summed E-state index contributed by atoms with van der Waals surface area (Å²) in [6, 6.07) is 43.7. The molecule has 0 aliphatic carbocycles. The fourth-order valence-corrected chi connectivity index (χ4v) is 17.3. The lowest BCUT2D eigenvalue weighted by Gasteiger charge is -2.35. The number of piperidine rings is 3. The Hall–Kier alpha value is -13.0. The van der Waals surface area contributed by atoms with E-state index in [9.17, 15) is 28.8 Å². The number of amides is 9. The van der Waals surface area contributed by atoms with Gasteiger partial charge < -0.3 is 119 Å². The van der Waals surface area contributed by atoms with Gasteiger partial charge in [-0.25, -0.2) is 14.4 Å². The van der Waals surface area contributed by atoms with Gasteiger partial charge >= 0.3 is 18.1 Å². The van der Waals surface area contributed by atoms with Crippen LogP contribution in [0.25, 0.3) is 34.2 Å². The molecule has 39 heteroatoms. The van der Waals surface area contributed by atoms with Crippen LogP contribution in [0, 0.1) is 0 Å². The average Bonchev–Trinajstić information content (AvgIpc) is 0.770. The second-order valence-electron chi connectivity index (χ2n) is 35.0. The van der Waals surface area contributed by atoms with Gasteiger partial charge in [-0.15, -0.1) is 0 Å². The molecule has 9 aliphatic rings. The highest BCUT2D eigenvalue weighted by molar-refractivity contribution is 6.03. The quantitative estimate of drug-likeness (QED) is 0.0390. The molecule has 9 aliphatic heterocycles. The molecule has 39 nitrogen and oxygen atoms in total. The van der Waals surface area contributed by atoms with Crippen LogP contribution in [0.2, 0.25) is 0 Å². The van der Waals surface area contributed by atoms with Gasteiger partial charge in [0, 0.05) is 203 Å². The number of aromatic nitrogens is 9. The van der Waals surface area contributed by atoms with Crippen LogP contribution >= 0.6 is 0 Å². The SMILES string of the molecule is CN(C)C1CCN(C(=O)c2ccc(NC(=O)Nc3ccc(-c4nc(N5CCOCC5)nc(N5CCOCC5)n4)cc3)cc2)CC1.CN(C)C1CCN(C(=O)c2ccc(NC(=O)Nc3ccc(-c4nc(N5CCOCC5)nc(N5CCOCC5)n4)cc3)cc2)CC1.CN(C)C1CCN(C(=O)c2ccc(NC(=O)Nc3ccc(-c4nc(N5CCOCC5)nc(N5CCOCC5)n4)cc3)cc2)CC1. The number of nitrogens with zero attached hydrogens (tertiary/aromatic N) is 21. The summed E-state index contributed by atoms with van der Waals surface area (Å²) in [6.45, 7) is 20.8. The Labute approximate surface area is 787 Å². The van der Waals surface area contributed by atoms with Gasteiger partial charge in [-0.05, 0) is 226 Å². The Bertz CT molecular complexity index is 4770. The van der Waals surface area contributed by atoms with Crippen LogP contribution in [0.5, 0.6) is 0 Å². The van der Waals surface area contributed by atoms with Gasteiger partial charge in [0.2, 0.25) is 35.7 Å². The van der Waals surface area contributed by atoms with Crippen LogP contribution in [0.15, 0.2) is 146 Å². The van der Waals surface area contributed by atoms with Crippen molar-refractivity contribution < 1.29 is 57.2 Å². The molecule has 135 heavy (non-hydrogen) atoms. The molecule has 0 unspecified atom stereocenters. The number of ether oxygens (including phenoxy) is 6. The first kappa shape index (κ1) is 95.2. The van der Waals surface area contributed by atoms with E-state index in [-0.39, 0.29) is 35.8 Å². The second-order valence-corrected chi connectivity index (χ2v) is 35.0. The fraction of sp³-hybridized carbons (Fsp3) is 0.469. The number of carbonyl (C=O) groups is 6. The summed E-state index contributed by atoms with van der Waals surface area (Å²) in [7, 11) is 12.5. The largest absolute Gasteiger partial charge is 0.378 e. The smallest absolute Gasteiger partial charge is 0.323 e. The molecule has 3 aromatic heterocycles. The molecule has 0 saturated carbocycles. The lowest BCUT2D eigenvalue weighted by atomic mass is 10.0. The molecule has 6 aromatic carbocycles. The van der Waals surface area contributed by atoms with Gasteiger partial charge in [-0.3, -0.25) is 14.4 Å². The number of benzene rings is 6. The zero-order chi connectivity index (χ0) is 93.5. The van der Waals surface area contributed by atoms with Crippen LogP contribution < -0.4 is 61.3 Å². The van der Waals surface area contributed by atoms with Crippen LogP contribution in [-0.2, 0) is 28.4 Å². The van der Waals surface area contributed by atoms with E-state index in [1.165, 1.54) is 0 Å². The first-order chi connectivity index (χ1) is 65.8. The molecule has 6 N–H and O–H groups in total. The maximum Gasteiger partial charge on any atom is 0.323 e. The average molecular weight is 1850 g/mol. The lowest BCUT2D eigenvalue weighted by molar-refractivity contribution is 0.0656. The van der Waals surface area contributed by atoms with Gasteiger partial charge in [-0.1, -0.05) is 0 Å². The minimum Gasteiger partial charge on any atom is -0.378 e. The van der Waals surface area contributed by atoms with Crippen molar-refractivity contribution in [1.82, 2.24) is 74.3 Å². The van der Waals surface area contributed by atoms with E-state index in [0.29, 0.717) is 201 Å². The number of morpholine rings is 6. The topological polar surface area (TPSA) is 385 Å². The van der Waals surface area contributed by atoms with Crippen molar-refractivity contribution >= 4 is 106 Å². The highest BCUT2D eigenvalue weighted by Crippen LogP contribution is 2.32. The van der Waals surface area contributed by atoms with Crippen LogP contribution in [0.4, 0.5) is 84.2 Å². The van der Waals surface area contributed by atoms with E-state index in [0.717, 1.165) is 173 Å². The zero-order valence-corrected chi connectivity index (χ0v) is 77.8. The third-order valence-corrected chi connectivity index (χ3v) is 25.4. The molecule has 0 atom stereocenters. The standard InChI is InChI=1S/3C32H41N9O4/c3*1-38(2)27-11-13-39(14-12-27)29(42)24-5-9-26(10-6-24)34-32(43)33-25-7-3-23(4-8-25)28-35-30(40-15-19-44-20-16-40)37-31(36-28)41-17-21-45-22-18-41/h3*3-10,27H,11-22H2,1-2H3,(H2,33,34,43). The van der Waals surface area contributed by atoms with Gasteiger partial charge in [0.25, 0.3) is 17.7 Å². The van der Waals surface area contributed by atoms with Crippen molar-refractivity contribution in [2.75, 3.05) is 301 Å². The molecule has 714 valence electrons. The molecule has 12 heterocycles. The Balaban J connectivity index is 0.000000147. The van der Waals surface area contributed by atoms with Crippen LogP contribution in [-0.4, -0.2) is 368 Å². The van der Waals surface area contributed by atoms with Gasteiger partial charge in [0.05, 0.1) is 79.3 Å². The van der Waals surface area contributed by atoms with Crippen molar-refractivity contribution in [1.29, 1.82) is 0 Å². The molecule has 0 spiro atoms. The molecular weight excluding hydrogens is 1720 g/mol. The number of anilines is 12. The van der Waals surface area contributed by atoms with Crippen molar-refractivity contribution in [3.8, 4) is 34.2 Å². The molecule has 9 saturated heterocycles. The van der Waals surface area contributed by atoms with Gasteiger partial charge in [-0.2, -0.15) is 44.9 Å². The van der Waals surface area contributed by atoms with E-state index < -0.39 is 0 Å². The number of rotatable bonds is 21. The number of nitrogens with one attached hydrogen (secondary N) is 6. The number of hydrogen-bond donors (Lipinski definition) is 6. The predicted octanol–water partition coefficient (Wildman–Crippen LogP) is 9.07. The van der Waals surface area contributed by atoms with E-state index in [1.807, 2.05) is 87.5 Å². The molecule has 0 bridgehead atoms. The Kier molecular flexibility index (Phi) is 32.6. The second kappa shape index (κ2) is 46.3.